The number of nitrogens with one attached hydrogen (secondary N) is 2. The van der Waals surface area contributed by atoms with Crippen molar-refractivity contribution >= 4 is 27.6 Å². The van der Waals surface area contributed by atoms with Crippen LogP contribution in [-0.2, 0) is 24.3 Å². The topological polar surface area (TPSA) is 122 Å². The first-order valence-electron chi connectivity index (χ1n) is 7.62. The second-order valence-electron chi connectivity index (χ2n) is 5.44. The fourth-order valence-electron chi connectivity index (χ4n) is 2.27. The molecule has 132 valence electrons. The summed E-state index contributed by atoms with van der Waals surface area (Å²) in [5, 5.41) is 11.4. The molecule has 2 atom stereocenters. The number of carbonyl (C=O) groups is 2. The molecule has 1 saturated heterocycles. The van der Waals surface area contributed by atoms with Crippen molar-refractivity contribution in [2.24, 2.45) is 0 Å². The first-order valence-corrected chi connectivity index (χ1v) is 9.10. The Morgan fingerprint density at radius 1 is 1.21 bits per heavy atom. The number of carbonyl (C=O) groups excluding carboxylic acids is 1. The molecule has 1 amide bonds. The van der Waals surface area contributed by atoms with Crippen molar-refractivity contribution in [3.05, 3.63) is 24.3 Å². The Morgan fingerprint density at radius 3 is 2.38 bits per heavy atom. The molecule has 9 heteroatoms. The van der Waals surface area contributed by atoms with E-state index in [-0.39, 0.29) is 11.3 Å². The molecule has 1 aliphatic rings. The lowest BCUT2D eigenvalue weighted by Gasteiger charge is -2.12. The quantitative estimate of drug-likeness (QED) is 0.668. The fraction of sp³-hybridized carbons (Fsp3) is 0.467. The van der Waals surface area contributed by atoms with Crippen LogP contribution in [0.15, 0.2) is 29.2 Å². The highest BCUT2D eigenvalue weighted by molar-refractivity contribution is 7.89. The Labute approximate surface area is 140 Å². The summed E-state index contributed by atoms with van der Waals surface area (Å²) >= 11 is 0. The van der Waals surface area contributed by atoms with E-state index >= 15 is 0 Å². The van der Waals surface area contributed by atoms with Gasteiger partial charge < -0.3 is 15.2 Å². The largest absolute Gasteiger partial charge is 0.479 e. The molecule has 0 aromatic heterocycles. The van der Waals surface area contributed by atoms with Gasteiger partial charge in [0.15, 0.2) is 6.10 Å². The van der Waals surface area contributed by atoms with Gasteiger partial charge in [0.2, 0.25) is 10.0 Å². The van der Waals surface area contributed by atoms with E-state index in [1.165, 1.54) is 24.3 Å². The molecule has 1 aromatic carbocycles. The van der Waals surface area contributed by atoms with Crippen LogP contribution in [0, 0.1) is 0 Å². The average molecular weight is 356 g/mol. The minimum atomic E-state index is -3.55. The SMILES string of the molecule is CCCNS(=O)(=O)c1ccc(NC(=O)[C@@H]2CC[C@H](C(=O)O)O2)cc1. The number of anilines is 1. The van der Waals surface area contributed by atoms with Crippen LogP contribution in [-0.4, -0.2) is 44.2 Å². The smallest absolute Gasteiger partial charge is 0.332 e. The van der Waals surface area contributed by atoms with Crippen LogP contribution in [0.4, 0.5) is 5.69 Å². The summed E-state index contributed by atoms with van der Waals surface area (Å²) in [5.41, 5.74) is 0.414. The predicted octanol–water partition coefficient (Wildman–Crippen LogP) is 0.946. The minimum Gasteiger partial charge on any atom is -0.479 e. The van der Waals surface area contributed by atoms with Gasteiger partial charge in [-0.05, 0) is 43.5 Å². The summed E-state index contributed by atoms with van der Waals surface area (Å²) in [6, 6.07) is 5.73. The van der Waals surface area contributed by atoms with Crippen LogP contribution in [0.25, 0.3) is 0 Å². The van der Waals surface area contributed by atoms with Gasteiger partial charge in [-0.2, -0.15) is 0 Å². The van der Waals surface area contributed by atoms with Crippen molar-refractivity contribution in [1.82, 2.24) is 4.72 Å². The second kappa shape index (κ2) is 7.73. The third kappa shape index (κ3) is 4.53. The van der Waals surface area contributed by atoms with Crippen molar-refractivity contribution in [1.29, 1.82) is 0 Å². The Bertz CT molecular complexity index is 701. The van der Waals surface area contributed by atoms with Crippen molar-refractivity contribution in [2.45, 2.75) is 43.3 Å². The molecule has 2 rings (SSSR count). The number of benzene rings is 1. The predicted molar refractivity (Wildman–Crippen MR) is 86.1 cm³/mol. The molecule has 1 heterocycles. The molecule has 0 radical (unpaired) electrons. The van der Waals surface area contributed by atoms with Gasteiger partial charge in [-0.15, -0.1) is 0 Å². The van der Waals surface area contributed by atoms with Gasteiger partial charge in [-0.3, -0.25) is 4.79 Å². The van der Waals surface area contributed by atoms with Gasteiger partial charge in [0, 0.05) is 12.2 Å². The standard InChI is InChI=1S/C15H20N2O6S/c1-2-9-16-24(21,22)11-5-3-10(4-6-11)17-14(18)12-7-8-13(23-12)15(19)20/h3-6,12-13,16H,2,7-9H2,1H3,(H,17,18)(H,19,20)/t12-,13+/m0/s1. The number of ether oxygens (including phenoxy) is 1. The van der Waals surface area contributed by atoms with Crippen LogP contribution >= 0.6 is 0 Å². The fourth-order valence-corrected chi connectivity index (χ4v) is 3.41. The highest BCUT2D eigenvalue weighted by atomic mass is 32.2. The highest BCUT2D eigenvalue weighted by Gasteiger charge is 2.34. The molecular weight excluding hydrogens is 336 g/mol. The number of hydrogen-bond acceptors (Lipinski definition) is 5. The Balaban J connectivity index is 1.97. The first kappa shape index (κ1) is 18.4. The van der Waals surface area contributed by atoms with Crippen molar-refractivity contribution in [3.8, 4) is 0 Å². The molecule has 8 nitrogen and oxygen atoms in total. The third-order valence-electron chi connectivity index (χ3n) is 3.56. The lowest BCUT2D eigenvalue weighted by Crippen LogP contribution is -2.30. The molecular formula is C15H20N2O6S. The first-order chi connectivity index (χ1) is 11.3. The summed E-state index contributed by atoms with van der Waals surface area (Å²) in [5.74, 6) is -1.53. The lowest BCUT2D eigenvalue weighted by atomic mass is 10.2. The van der Waals surface area contributed by atoms with Gasteiger partial charge in [-0.1, -0.05) is 6.92 Å². The zero-order valence-corrected chi connectivity index (χ0v) is 14.0. The zero-order chi connectivity index (χ0) is 17.7. The van der Waals surface area contributed by atoms with Gasteiger partial charge in [0.25, 0.3) is 5.91 Å². The number of rotatable bonds is 7. The number of amides is 1. The highest BCUT2D eigenvalue weighted by Crippen LogP contribution is 2.22. The summed E-state index contributed by atoms with van der Waals surface area (Å²) in [6.45, 7) is 2.21. The molecule has 3 N–H and O–H groups in total. The number of sulfonamides is 1. The monoisotopic (exact) mass is 356 g/mol. The number of aliphatic carboxylic acids is 1. The molecule has 24 heavy (non-hydrogen) atoms. The normalized spacial score (nSPS) is 20.7. The summed E-state index contributed by atoms with van der Waals surface area (Å²) in [4.78, 5) is 23.0. The molecule has 1 fully saturated rings. The maximum absolute atomic E-state index is 12.0. The maximum Gasteiger partial charge on any atom is 0.332 e. The summed E-state index contributed by atoms with van der Waals surface area (Å²) < 4.78 is 31.5. The Hall–Kier alpha value is -1.97. The zero-order valence-electron chi connectivity index (χ0n) is 13.2. The van der Waals surface area contributed by atoms with E-state index in [0.29, 0.717) is 25.1 Å². The van der Waals surface area contributed by atoms with Crippen LogP contribution in [0.5, 0.6) is 0 Å². The third-order valence-corrected chi connectivity index (χ3v) is 5.04. The van der Waals surface area contributed by atoms with Crippen molar-refractivity contribution < 1.29 is 27.9 Å². The van der Waals surface area contributed by atoms with Crippen LogP contribution in [0.2, 0.25) is 0 Å². The molecule has 1 aromatic rings. The van der Waals surface area contributed by atoms with Crippen LogP contribution < -0.4 is 10.0 Å². The van der Waals surface area contributed by atoms with E-state index in [9.17, 15) is 18.0 Å². The molecule has 0 spiro atoms. The Morgan fingerprint density at radius 2 is 1.83 bits per heavy atom. The van der Waals surface area contributed by atoms with E-state index in [1.54, 1.807) is 0 Å². The summed E-state index contributed by atoms with van der Waals surface area (Å²) in [6.07, 6.45) is -0.477. The summed E-state index contributed by atoms with van der Waals surface area (Å²) in [7, 11) is -3.55. The van der Waals surface area contributed by atoms with Crippen LogP contribution in [0.1, 0.15) is 26.2 Å². The van der Waals surface area contributed by atoms with Crippen LogP contribution in [0.3, 0.4) is 0 Å². The van der Waals surface area contributed by atoms with Gasteiger partial charge in [-0.25, -0.2) is 17.9 Å². The number of carboxylic acids is 1. The van der Waals surface area contributed by atoms with E-state index < -0.39 is 34.1 Å². The molecule has 0 aliphatic carbocycles. The van der Waals surface area contributed by atoms with Crippen molar-refractivity contribution in [2.75, 3.05) is 11.9 Å². The van der Waals surface area contributed by atoms with E-state index in [2.05, 4.69) is 10.0 Å². The van der Waals surface area contributed by atoms with E-state index in [0.717, 1.165) is 0 Å². The van der Waals surface area contributed by atoms with Gasteiger partial charge >= 0.3 is 5.97 Å². The van der Waals surface area contributed by atoms with E-state index in [4.69, 9.17) is 9.84 Å². The molecule has 0 unspecified atom stereocenters. The van der Waals surface area contributed by atoms with Crippen molar-refractivity contribution in [3.63, 3.8) is 0 Å². The maximum atomic E-state index is 12.0. The van der Waals surface area contributed by atoms with E-state index in [1.807, 2.05) is 6.92 Å². The molecule has 0 saturated carbocycles. The Kier molecular flexibility index (Phi) is 5.92. The molecule has 0 bridgehead atoms. The minimum absolute atomic E-state index is 0.108. The number of carboxylic acid groups (broad SMARTS) is 1. The number of hydrogen-bond donors (Lipinski definition) is 3. The lowest BCUT2D eigenvalue weighted by molar-refractivity contribution is -0.150. The second-order valence-corrected chi connectivity index (χ2v) is 7.21. The molecule has 1 aliphatic heterocycles. The average Bonchev–Trinajstić information content (AvgIpc) is 3.04. The van der Waals surface area contributed by atoms with Gasteiger partial charge in [0.1, 0.15) is 6.10 Å². The van der Waals surface area contributed by atoms with Gasteiger partial charge in [0.05, 0.1) is 4.90 Å².